The molecule has 1 amide bonds. The predicted octanol–water partition coefficient (Wildman–Crippen LogP) is 2.95. The largest absolute Gasteiger partial charge is 0.343 e. The Hall–Kier alpha value is -2.45. The Morgan fingerprint density at radius 3 is 2.37 bits per heavy atom. The van der Waals surface area contributed by atoms with Crippen LogP contribution in [0.2, 0.25) is 0 Å². The van der Waals surface area contributed by atoms with Crippen molar-refractivity contribution in [1.29, 1.82) is 0 Å². The van der Waals surface area contributed by atoms with Crippen molar-refractivity contribution in [3.05, 3.63) is 46.8 Å². The maximum absolute atomic E-state index is 12.3. The lowest BCUT2D eigenvalue weighted by molar-refractivity contribution is 0.0822. The normalized spacial score (nSPS) is 11.8. The number of fused-ring (bicyclic) bond motifs is 1. The molecule has 7 nitrogen and oxygen atoms in total. The maximum Gasteiger partial charge on any atom is 0.272 e. The molecular formula is C18H19ClN4O3S. The average Bonchev–Trinajstić information content (AvgIpc) is 2.90. The van der Waals surface area contributed by atoms with E-state index in [0.717, 1.165) is 22.4 Å². The van der Waals surface area contributed by atoms with Gasteiger partial charge in [0, 0.05) is 41.6 Å². The van der Waals surface area contributed by atoms with Crippen molar-refractivity contribution >= 4 is 31.3 Å². The molecule has 0 bridgehead atoms. The fourth-order valence-electron chi connectivity index (χ4n) is 2.92. The van der Waals surface area contributed by atoms with Crippen molar-refractivity contribution in [2.75, 3.05) is 14.1 Å². The summed E-state index contributed by atoms with van der Waals surface area (Å²) >= 11 is 0. The van der Waals surface area contributed by atoms with Crippen LogP contribution in [0.1, 0.15) is 27.3 Å². The first-order chi connectivity index (χ1) is 12.5. The fraction of sp³-hybridized carbons (Fsp3) is 0.278. The van der Waals surface area contributed by atoms with Crippen LogP contribution in [0.3, 0.4) is 0 Å². The van der Waals surface area contributed by atoms with E-state index in [0.29, 0.717) is 17.0 Å². The molecule has 1 aromatic carbocycles. The average molecular weight is 407 g/mol. The molecule has 0 spiro atoms. The number of amides is 1. The number of hydrogen-bond donors (Lipinski definition) is 0. The summed E-state index contributed by atoms with van der Waals surface area (Å²) in [5.41, 5.74) is 4.69. The van der Waals surface area contributed by atoms with Crippen molar-refractivity contribution in [3.63, 3.8) is 0 Å². The van der Waals surface area contributed by atoms with Crippen molar-refractivity contribution in [2.24, 2.45) is 0 Å². The van der Waals surface area contributed by atoms with E-state index >= 15 is 0 Å². The van der Waals surface area contributed by atoms with Gasteiger partial charge in [0.15, 0.2) is 5.65 Å². The third-order valence-corrected chi connectivity index (χ3v) is 5.71. The number of benzene rings is 1. The molecule has 27 heavy (non-hydrogen) atoms. The van der Waals surface area contributed by atoms with Gasteiger partial charge in [0.2, 0.25) is 0 Å². The second-order valence-corrected chi connectivity index (χ2v) is 9.17. The van der Waals surface area contributed by atoms with Crippen LogP contribution in [0.15, 0.2) is 29.2 Å². The van der Waals surface area contributed by atoms with Crippen LogP contribution >= 0.6 is 10.7 Å². The van der Waals surface area contributed by atoms with E-state index in [9.17, 15) is 13.2 Å². The van der Waals surface area contributed by atoms with Gasteiger partial charge in [-0.2, -0.15) is 5.10 Å². The van der Waals surface area contributed by atoms with Gasteiger partial charge >= 0.3 is 0 Å². The van der Waals surface area contributed by atoms with Gasteiger partial charge in [0.25, 0.3) is 15.0 Å². The standard InChI is InChI=1S/C18H19ClN4O3S/c1-10-8-13(27(19,25)26)6-7-14(10)16-12(3)17-20-15(18(24)22(4)5)9-11(2)23(17)21-16/h6-9H,1-5H3. The molecule has 0 atom stereocenters. The van der Waals surface area contributed by atoms with E-state index in [1.54, 1.807) is 37.7 Å². The van der Waals surface area contributed by atoms with Gasteiger partial charge in [0.1, 0.15) is 5.69 Å². The Morgan fingerprint density at radius 1 is 1.15 bits per heavy atom. The Morgan fingerprint density at radius 2 is 1.81 bits per heavy atom. The van der Waals surface area contributed by atoms with E-state index in [2.05, 4.69) is 10.1 Å². The minimum atomic E-state index is -3.80. The van der Waals surface area contributed by atoms with Gasteiger partial charge in [-0.05, 0) is 44.5 Å². The highest BCUT2D eigenvalue weighted by Gasteiger charge is 2.20. The number of rotatable bonds is 3. The predicted molar refractivity (Wildman–Crippen MR) is 104 cm³/mol. The van der Waals surface area contributed by atoms with E-state index in [1.165, 1.54) is 17.0 Å². The molecule has 0 N–H and O–H groups in total. The van der Waals surface area contributed by atoms with Crippen molar-refractivity contribution in [1.82, 2.24) is 19.5 Å². The Labute approximate surface area is 162 Å². The number of nitrogens with zero attached hydrogens (tertiary/aromatic N) is 4. The molecule has 2 aromatic heterocycles. The summed E-state index contributed by atoms with van der Waals surface area (Å²) in [5.74, 6) is -0.185. The van der Waals surface area contributed by atoms with Crippen molar-refractivity contribution in [3.8, 4) is 11.3 Å². The molecule has 0 radical (unpaired) electrons. The Bertz CT molecular complexity index is 1180. The van der Waals surface area contributed by atoms with Crippen LogP contribution in [-0.4, -0.2) is 47.9 Å². The molecule has 3 rings (SSSR count). The third-order valence-electron chi connectivity index (χ3n) is 4.36. The monoisotopic (exact) mass is 406 g/mol. The van der Waals surface area contributed by atoms with E-state index in [-0.39, 0.29) is 10.8 Å². The smallest absolute Gasteiger partial charge is 0.272 e. The minimum Gasteiger partial charge on any atom is -0.343 e. The van der Waals surface area contributed by atoms with Crippen LogP contribution in [0.4, 0.5) is 0 Å². The topological polar surface area (TPSA) is 84.6 Å². The van der Waals surface area contributed by atoms with Crippen LogP contribution in [0.5, 0.6) is 0 Å². The zero-order chi connectivity index (χ0) is 20.1. The minimum absolute atomic E-state index is 0.0417. The summed E-state index contributed by atoms with van der Waals surface area (Å²) in [6.07, 6.45) is 0. The molecule has 0 aliphatic carbocycles. The van der Waals surface area contributed by atoms with Crippen LogP contribution in [0.25, 0.3) is 16.9 Å². The molecular weight excluding hydrogens is 388 g/mol. The molecule has 0 unspecified atom stereocenters. The molecule has 142 valence electrons. The zero-order valence-electron chi connectivity index (χ0n) is 15.6. The maximum atomic E-state index is 12.3. The fourth-order valence-corrected chi connectivity index (χ4v) is 3.75. The van der Waals surface area contributed by atoms with Gasteiger partial charge in [0.05, 0.1) is 10.6 Å². The number of aryl methyl sites for hydroxylation is 3. The van der Waals surface area contributed by atoms with Crippen LogP contribution in [-0.2, 0) is 9.05 Å². The highest BCUT2D eigenvalue weighted by atomic mass is 35.7. The number of hydrogen-bond acceptors (Lipinski definition) is 5. The third kappa shape index (κ3) is 3.42. The summed E-state index contributed by atoms with van der Waals surface area (Å²) in [6.45, 7) is 5.53. The van der Waals surface area contributed by atoms with Gasteiger partial charge in [-0.15, -0.1) is 0 Å². The number of aromatic nitrogens is 3. The first-order valence-corrected chi connectivity index (χ1v) is 10.5. The summed E-state index contributed by atoms with van der Waals surface area (Å²) in [6, 6.07) is 6.35. The van der Waals surface area contributed by atoms with Crippen molar-refractivity contribution < 1.29 is 13.2 Å². The first kappa shape index (κ1) is 19.3. The molecule has 0 fully saturated rings. The van der Waals surface area contributed by atoms with E-state index in [1.807, 2.05) is 13.8 Å². The molecule has 3 aromatic rings. The summed E-state index contributed by atoms with van der Waals surface area (Å²) < 4.78 is 24.8. The highest BCUT2D eigenvalue weighted by molar-refractivity contribution is 8.13. The van der Waals surface area contributed by atoms with Crippen molar-refractivity contribution in [2.45, 2.75) is 25.7 Å². The summed E-state index contributed by atoms with van der Waals surface area (Å²) in [5, 5.41) is 4.63. The first-order valence-electron chi connectivity index (χ1n) is 8.15. The van der Waals surface area contributed by atoms with Gasteiger partial charge in [-0.25, -0.2) is 17.9 Å². The van der Waals surface area contributed by atoms with E-state index < -0.39 is 9.05 Å². The van der Waals surface area contributed by atoms with Crippen LogP contribution < -0.4 is 0 Å². The van der Waals surface area contributed by atoms with E-state index in [4.69, 9.17) is 10.7 Å². The lowest BCUT2D eigenvalue weighted by atomic mass is 10.0. The summed E-state index contributed by atoms with van der Waals surface area (Å²) in [7, 11) is 4.98. The second kappa shape index (κ2) is 6.61. The quantitative estimate of drug-likeness (QED) is 0.624. The molecule has 0 saturated carbocycles. The molecule has 0 saturated heterocycles. The second-order valence-electron chi connectivity index (χ2n) is 6.61. The molecule has 0 aliphatic heterocycles. The number of carbonyl (C=O) groups excluding carboxylic acids is 1. The lowest BCUT2D eigenvalue weighted by Gasteiger charge is -2.10. The number of halogens is 1. The zero-order valence-corrected chi connectivity index (χ0v) is 17.2. The highest BCUT2D eigenvalue weighted by Crippen LogP contribution is 2.30. The molecule has 2 heterocycles. The Balaban J connectivity index is 2.21. The lowest BCUT2D eigenvalue weighted by Crippen LogP contribution is -2.23. The molecule has 9 heteroatoms. The van der Waals surface area contributed by atoms with Crippen LogP contribution in [0, 0.1) is 20.8 Å². The SMILES string of the molecule is Cc1cc(S(=O)(=O)Cl)ccc1-c1nn2c(C)cc(C(=O)N(C)C)nc2c1C. The molecule has 0 aliphatic rings. The Kier molecular flexibility index (Phi) is 4.73. The van der Waals surface area contributed by atoms with Gasteiger partial charge < -0.3 is 4.90 Å². The summed E-state index contributed by atoms with van der Waals surface area (Å²) in [4.78, 5) is 18.3. The van der Waals surface area contributed by atoms with Gasteiger partial charge in [-0.3, -0.25) is 4.79 Å². The van der Waals surface area contributed by atoms with Gasteiger partial charge in [-0.1, -0.05) is 6.07 Å². The number of carbonyl (C=O) groups is 1.